The van der Waals surface area contributed by atoms with Crippen LogP contribution in [0, 0.1) is 12.7 Å². The summed E-state index contributed by atoms with van der Waals surface area (Å²) in [5, 5.41) is 8.24. The second-order valence-corrected chi connectivity index (χ2v) is 9.38. The molecule has 0 bridgehead atoms. The number of thiazole rings is 1. The lowest BCUT2D eigenvalue weighted by atomic mass is 10.1. The summed E-state index contributed by atoms with van der Waals surface area (Å²) in [7, 11) is -2.16. The van der Waals surface area contributed by atoms with Crippen LogP contribution < -0.4 is 15.4 Å². The molecular formula is C18H26ClFN4O2S2. The first-order chi connectivity index (χ1) is 13.3. The van der Waals surface area contributed by atoms with Gasteiger partial charge >= 0.3 is 0 Å². The van der Waals surface area contributed by atoms with Gasteiger partial charge in [0.2, 0.25) is 0 Å². The van der Waals surface area contributed by atoms with Gasteiger partial charge in [-0.25, -0.2) is 17.8 Å². The highest BCUT2D eigenvalue weighted by molar-refractivity contribution is 7.93. The van der Waals surface area contributed by atoms with Crippen molar-refractivity contribution in [2.75, 3.05) is 30.2 Å². The molecule has 2 aromatic rings. The first-order valence-corrected chi connectivity index (χ1v) is 11.9. The standard InChI is InChI=1S/C18H26ClFN4O2S2/c1-13-12-27-18(23-13)24-28(25,26)17-10-14(19)16(11-15(17)20)22-9-7-5-3-4-6-8-21-2/h10-12,21-22H,3-9H2,1-2H3,(H,23,24). The third-order valence-corrected chi connectivity index (χ3v) is 6.74. The highest BCUT2D eigenvalue weighted by Crippen LogP contribution is 2.29. The van der Waals surface area contributed by atoms with E-state index in [0.717, 1.165) is 55.7 Å². The van der Waals surface area contributed by atoms with Crippen molar-refractivity contribution in [3.63, 3.8) is 0 Å². The molecule has 10 heteroatoms. The van der Waals surface area contributed by atoms with Gasteiger partial charge in [0.1, 0.15) is 10.7 Å². The van der Waals surface area contributed by atoms with Crippen molar-refractivity contribution >= 4 is 43.8 Å². The molecule has 0 aliphatic rings. The molecule has 0 aliphatic carbocycles. The fourth-order valence-corrected chi connectivity index (χ4v) is 4.94. The minimum absolute atomic E-state index is 0.158. The first-order valence-electron chi connectivity index (χ1n) is 9.16. The number of halogens is 2. The van der Waals surface area contributed by atoms with Crippen LogP contribution in [0.15, 0.2) is 22.4 Å². The van der Waals surface area contributed by atoms with Gasteiger partial charge in [0.05, 0.1) is 16.4 Å². The number of anilines is 2. The van der Waals surface area contributed by atoms with Gasteiger partial charge in [-0.1, -0.05) is 30.9 Å². The van der Waals surface area contributed by atoms with E-state index >= 15 is 0 Å². The zero-order chi connectivity index (χ0) is 20.6. The minimum atomic E-state index is -4.10. The van der Waals surface area contributed by atoms with Gasteiger partial charge in [-0.3, -0.25) is 4.72 Å². The largest absolute Gasteiger partial charge is 0.384 e. The van der Waals surface area contributed by atoms with Crippen LogP contribution >= 0.6 is 22.9 Å². The average molecular weight is 449 g/mol. The minimum Gasteiger partial charge on any atom is -0.384 e. The summed E-state index contributed by atoms with van der Waals surface area (Å²) in [6, 6.07) is 2.25. The lowest BCUT2D eigenvalue weighted by molar-refractivity contribution is 0.570. The van der Waals surface area contributed by atoms with Crippen LogP contribution in [0.2, 0.25) is 5.02 Å². The van der Waals surface area contributed by atoms with Crippen LogP contribution in [0.1, 0.15) is 37.8 Å². The van der Waals surface area contributed by atoms with Crippen LogP contribution in [-0.2, 0) is 10.0 Å². The summed E-state index contributed by atoms with van der Waals surface area (Å²) in [6.07, 6.45) is 5.48. The summed E-state index contributed by atoms with van der Waals surface area (Å²) in [6.45, 7) is 3.42. The van der Waals surface area contributed by atoms with Gasteiger partial charge in [-0.2, -0.15) is 0 Å². The summed E-state index contributed by atoms with van der Waals surface area (Å²) < 4.78 is 41.6. The van der Waals surface area contributed by atoms with E-state index in [1.165, 1.54) is 6.42 Å². The molecule has 1 aromatic heterocycles. The van der Waals surface area contributed by atoms with E-state index in [-0.39, 0.29) is 10.2 Å². The fourth-order valence-electron chi connectivity index (χ4n) is 2.62. The summed E-state index contributed by atoms with van der Waals surface area (Å²) in [4.78, 5) is 3.53. The maximum Gasteiger partial charge on any atom is 0.266 e. The van der Waals surface area contributed by atoms with Crippen molar-refractivity contribution in [1.82, 2.24) is 10.3 Å². The smallest absolute Gasteiger partial charge is 0.266 e. The number of sulfonamides is 1. The molecule has 0 saturated carbocycles. The van der Waals surface area contributed by atoms with E-state index in [4.69, 9.17) is 11.6 Å². The van der Waals surface area contributed by atoms with Crippen molar-refractivity contribution < 1.29 is 12.8 Å². The molecule has 0 amide bonds. The monoisotopic (exact) mass is 448 g/mol. The summed E-state index contributed by atoms with van der Waals surface area (Å²) in [5.74, 6) is -0.861. The third kappa shape index (κ3) is 6.88. The summed E-state index contributed by atoms with van der Waals surface area (Å²) in [5.41, 5.74) is 1.07. The normalized spacial score (nSPS) is 11.6. The second-order valence-electron chi connectivity index (χ2n) is 6.46. The average Bonchev–Trinajstić information content (AvgIpc) is 3.03. The Morgan fingerprint density at radius 3 is 2.46 bits per heavy atom. The molecule has 0 aliphatic heterocycles. The quantitative estimate of drug-likeness (QED) is 0.412. The number of unbranched alkanes of at least 4 members (excludes halogenated alkanes) is 4. The number of hydrogen-bond acceptors (Lipinski definition) is 6. The van der Waals surface area contributed by atoms with Gasteiger partial charge < -0.3 is 10.6 Å². The van der Waals surface area contributed by atoms with E-state index < -0.39 is 20.7 Å². The van der Waals surface area contributed by atoms with Gasteiger partial charge in [0.25, 0.3) is 10.0 Å². The third-order valence-electron chi connectivity index (χ3n) is 4.07. The van der Waals surface area contributed by atoms with E-state index in [1.807, 2.05) is 7.05 Å². The molecular weight excluding hydrogens is 423 g/mol. The van der Waals surface area contributed by atoms with E-state index in [1.54, 1.807) is 12.3 Å². The Kier molecular flexibility index (Phi) is 8.94. The molecule has 1 aromatic carbocycles. The van der Waals surface area contributed by atoms with Crippen molar-refractivity contribution in [2.45, 2.75) is 43.9 Å². The Morgan fingerprint density at radius 1 is 1.14 bits per heavy atom. The highest BCUT2D eigenvalue weighted by Gasteiger charge is 2.22. The van der Waals surface area contributed by atoms with Crippen molar-refractivity contribution in [2.24, 2.45) is 0 Å². The molecule has 0 spiro atoms. The van der Waals surface area contributed by atoms with Gasteiger partial charge in [0.15, 0.2) is 5.13 Å². The zero-order valence-corrected chi connectivity index (χ0v) is 18.4. The highest BCUT2D eigenvalue weighted by atomic mass is 35.5. The molecule has 6 nitrogen and oxygen atoms in total. The molecule has 28 heavy (non-hydrogen) atoms. The fraction of sp³-hybridized carbons (Fsp3) is 0.500. The molecule has 1 heterocycles. The van der Waals surface area contributed by atoms with Crippen LogP contribution in [0.25, 0.3) is 0 Å². The number of benzene rings is 1. The lowest BCUT2D eigenvalue weighted by Gasteiger charge is -2.12. The zero-order valence-electron chi connectivity index (χ0n) is 16.0. The van der Waals surface area contributed by atoms with Crippen LogP contribution in [0.3, 0.4) is 0 Å². The van der Waals surface area contributed by atoms with Gasteiger partial charge in [-0.05, 0) is 45.5 Å². The van der Waals surface area contributed by atoms with Crippen molar-refractivity contribution in [3.8, 4) is 0 Å². The maximum absolute atomic E-state index is 14.4. The Bertz CT molecular complexity index is 874. The predicted octanol–water partition coefficient (Wildman–Crippen LogP) is 4.63. The van der Waals surface area contributed by atoms with Crippen LogP contribution in [-0.4, -0.2) is 33.5 Å². The molecule has 3 N–H and O–H groups in total. The van der Waals surface area contributed by atoms with Gasteiger partial charge in [0, 0.05) is 11.9 Å². The first kappa shape index (κ1) is 22.9. The molecule has 156 valence electrons. The van der Waals surface area contributed by atoms with E-state index in [2.05, 4.69) is 20.3 Å². The molecule has 0 saturated heterocycles. The number of hydrogen-bond donors (Lipinski definition) is 3. The van der Waals surface area contributed by atoms with Crippen LogP contribution in [0.4, 0.5) is 15.2 Å². The number of rotatable bonds is 12. The predicted molar refractivity (Wildman–Crippen MR) is 115 cm³/mol. The van der Waals surface area contributed by atoms with Gasteiger partial charge in [-0.15, -0.1) is 11.3 Å². The SMILES string of the molecule is CNCCCCCCCNc1cc(F)c(S(=O)(=O)Nc2nc(C)cs2)cc1Cl. The Morgan fingerprint density at radius 2 is 1.82 bits per heavy atom. The molecule has 2 rings (SSSR count). The Hall–Kier alpha value is -1.42. The van der Waals surface area contributed by atoms with Crippen molar-refractivity contribution in [1.29, 1.82) is 0 Å². The van der Waals surface area contributed by atoms with E-state index in [9.17, 15) is 12.8 Å². The van der Waals surface area contributed by atoms with E-state index in [0.29, 0.717) is 17.9 Å². The molecule has 0 radical (unpaired) electrons. The van der Waals surface area contributed by atoms with Crippen LogP contribution in [0.5, 0.6) is 0 Å². The number of nitrogens with zero attached hydrogens (tertiary/aromatic N) is 1. The maximum atomic E-state index is 14.4. The second kappa shape index (κ2) is 10.9. The molecule has 0 unspecified atom stereocenters. The lowest BCUT2D eigenvalue weighted by Crippen LogP contribution is -2.15. The Balaban J connectivity index is 1.92. The summed E-state index contributed by atoms with van der Waals surface area (Å²) >= 11 is 7.30. The Labute approximate surface area is 175 Å². The molecule has 0 fully saturated rings. The number of aryl methyl sites for hydroxylation is 1. The number of aromatic nitrogens is 1. The van der Waals surface area contributed by atoms with Crippen molar-refractivity contribution in [3.05, 3.63) is 34.0 Å². The molecule has 0 atom stereocenters. The number of nitrogens with one attached hydrogen (secondary N) is 3. The topological polar surface area (TPSA) is 83.1 Å².